The van der Waals surface area contributed by atoms with Crippen LogP contribution in [-0.4, -0.2) is 6.61 Å². The fourth-order valence-corrected chi connectivity index (χ4v) is 2.34. The highest BCUT2D eigenvalue weighted by Crippen LogP contribution is 2.27. The first kappa shape index (κ1) is 17.1. The average molecular weight is 276 g/mol. The van der Waals surface area contributed by atoms with Gasteiger partial charge in [-0.05, 0) is 36.0 Å². The molecule has 0 saturated carbocycles. The zero-order valence-corrected chi connectivity index (χ0v) is 14.1. The molecular formula is C19H32O. The molecule has 1 aromatic rings. The number of aryl methyl sites for hydroxylation is 1. The van der Waals surface area contributed by atoms with Gasteiger partial charge in [0.05, 0.1) is 6.61 Å². The molecule has 0 aliphatic heterocycles. The molecule has 1 nitrogen and oxygen atoms in total. The van der Waals surface area contributed by atoms with Gasteiger partial charge in [-0.3, -0.25) is 0 Å². The summed E-state index contributed by atoms with van der Waals surface area (Å²) in [5.41, 5.74) is 2.84. The van der Waals surface area contributed by atoms with Crippen molar-refractivity contribution in [3.63, 3.8) is 0 Å². The van der Waals surface area contributed by atoms with Crippen LogP contribution in [0.3, 0.4) is 0 Å². The quantitative estimate of drug-likeness (QED) is 0.527. The minimum Gasteiger partial charge on any atom is -0.493 e. The molecule has 0 bridgehead atoms. The van der Waals surface area contributed by atoms with Crippen LogP contribution >= 0.6 is 0 Å². The van der Waals surface area contributed by atoms with E-state index in [9.17, 15) is 0 Å². The molecule has 1 rings (SSSR count). The third-order valence-electron chi connectivity index (χ3n) is 3.80. The van der Waals surface area contributed by atoms with E-state index >= 15 is 0 Å². The number of rotatable bonds is 8. The van der Waals surface area contributed by atoms with Crippen LogP contribution in [0.4, 0.5) is 0 Å². The molecular weight excluding hydrogens is 244 g/mol. The molecule has 0 aromatic heterocycles. The van der Waals surface area contributed by atoms with Gasteiger partial charge in [-0.2, -0.15) is 0 Å². The molecule has 0 spiro atoms. The van der Waals surface area contributed by atoms with E-state index in [4.69, 9.17) is 4.74 Å². The minimum absolute atomic E-state index is 0.211. The Bertz CT molecular complexity index is 387. The Labute approximate surface area is 125 Å². The Hall–Kier alpha value is -0.980. The second-order valence-electron chi connectivity index (χ2n) is 6.85. The molecule has 0 aliphatic rings. The lowest BCUT2D eigenvalue weighted by Gasteiger charge is -2.20. The summed E-state index contributed by atoms with van der Waals surface area (Å²) in [7, 11) is 0. The first-order valence-electron chi connectivity index (χ1n) is 8.19. The van der Waals surface area contributed by atoms with E-state index in [2.05, 4.69) is 52.8 Å². The Morgan fingerprint density at radius 2 is 1.60 bits per heavy atom. The first-order chi connectivity index (χ1) is 9.45. The predicted octanol–water partition coefficient (Wildman–Crippen LogP) is 6.03. The van der Waals surface area contributed by atoms with Crippen molar-refractivity contribution in [3.05, 3.63) is 29.3 Å². The summed E-state index contributed by atoms with van der Waals surface area (Å²) < 4.78 is 5.91. The van der Waals surface area contributed by atoms with Crippen molar-refractivity contribution >= 4 is 0 Å². The second-order valence-corrected chi connectivity index (χ2v) is 6.85. The van der Waals surface area contributed by atoms with Crippen LogP contribution in [-0.2, 0) is 5.41 Å². The van der Waals surface area contributed by atoms with E-state index < -0.39 is 0 Å². The van der Waals surface area contributed by atoms with Crippen molar-refractivity contribution in [1.29, 1.82) is 0 Å². The fourth-order valence-electron chi connectivity index (χ4n) is 2.34. The molecule has 0 radical (unpaired) electrons. The predicted molar refractivity (Wildman–Crippen MR) is 88.8 cm³/mol. The maximum atomic E-state index is 5.91. The average Bonchev–Trinajstić information content (AvgIpc) is 2.38. The fraction of sp³-hybridized carbons (Fsp3) is 0.684. The van der Waals surface area contributed by atoms with Gasteiger partial charge in [-0.1, -0.05) is 71.9 Å². The number of unbranched alkanes of at least 4 members (excludes halogenated alkanes) is 5. The second kappa shape index (κ2) is 8.34. The van der Waals surface area contributed by atoms with Gasteiger partial charge < -0.3 is 4.74 Å². The van der Waals surface area contributed by atoms with E-state index in [0.29, 0.717) is 0 Å². The number of ether oxygens (including phenoxy) is 1. The summed E-state index contributed by atoms with van der Waals surface area (Å²) in [6.45, 7) is 12.0. The summed E-state index contributed by atoms with van der Waals surface area (Å²) in [5, 5.41) is 0. The molecule has 0 saturated heterocycles. The Morgan fingerprint density at radius 3 is 2.20 bits per heavy atom. The van der Waals surface area contributed by atoms with E-state index in [1.54, 1.807) is 0 Å². The highest BCUT2D eigenvalue weighted by molar-refractivity contribution is 5.38. The van der Waals surface area contributed by atoms with Crippen LogP contribution in [0, 0.1) is 6.92 Å². The van der Waals surface area contributed by atoms with Crippen LogP contribution in [0.2, 0.25) is 0 Å². The molecule has 0 N–H and O–H groups in total. The molecule has 0 heterocycles. The van der Waals surface area contributed by atoms with Crippen molar-refractivity contribution in [2.24, 2.45) is 0 Å². The largest absolute Gasteiger partial charge is 0.493 e. The van der Waals surface area contributed by atoms with Gasteiger partial charge in [0.1, 0.15) is 5.75 Å². The smallest absolute Gasteiger partial charge is 0.122 e. The normalized spacial score (nSPS) is 11.7. The van der Waals surface area contributed by atoms with Crippen molar-refractivity contribution in [3.8, 4) is 5.75 Å². The number of hydrogen-bond acceptors (Lipinski definition) is 1. The van der Waals surface area contributed by atoms with Crippen LogP contribution in [0.5, 0.6) is 5.75 Å². The van der Waals surface area contributed by atoms with Crippen LogP contribution in [0.1, 0.15) is 77.3 Å². The molecule has 0 unspecified atom stereocenters. The molecule has 0 aliphatic carbocycles. The maximum absolute atomic E-state index is 5.91. The summed E-state index contributed by atoms with van der Waals surface area (Å²) in [4.78, 5) is 0. The third kappa shape index (κ3) is 5.98. The molecule has 1 heteroatoms. The lowest BCUT2D eigenvalue weighted by Crippen LogP contribution is -2.11. The Balaban J connectivity index is 2.34. The standard InChI is InChI=1S/C19H32O/c1-6-7-8-9-10-11-14-20-18-13-12-17(15-16(18)2)19(3,4)5/h12-13,15H,6-11,14H2,1-5H3. The maximum Gasteiger partial charge on any atom is 0.122 e. The van der Waals surface area contributed by atoms with Gasteiger partial charge in [0.15, 0.2) is 0 Å². The molecule has 0 atom stereocenters. The summed E-state index contributed by atoms with van der Waals surface area (Å²) in [5.74, 6) is 1.05. The first-order valence-corrected chi connectivity index (χ1v) is 8.19. The van der Waals surface area contributed by atoms with Crippen LogP contribution in [0.25, 0.3) is 0 Å². The van der Waals surface area contributed by atoms with Crippen molar-refractivity contribution in [2.45, 2.75) is 78.6 Å². The van der Waals surface area contributed by atoms with Crippen LogP contribution < -0.4 is 4.74 Å². The minimum atomic E-state index is 0.211. The lowest BCUT2D eigenvalue weighted by molar-refractivity contribution is 0.302. The molecule has 114 valence electrons. The van der Waals surface area contributed by atoms with Crippen molar-refractivity contribution in [1.82, 2.24) is 0 Å². The van der Waals surface area contributed by atoms with Crippen molar-refractivity contribution < 1.29 is 4.74 Å². The van der Waals surface area contributed by atoms with Crippen LogP contribution in [0.15, 0.2) is 18.2 Å². The summed E-state index contributed by atoms with van der Waals surface area (Å²) in [6, 6.07) is 6.59. The Morgan fingerprint density at radius 1 is 0.950 bits per heavy atom. The van der Waals surface area contributed by atoms with E-state index in [-0.39, 0.29) is 5.41 Å². The van der Waals surface area contributed by atoms with Crippen molar-refractivity contribution in [2.75, 3.05) is 6.61 Å². The summed E-state index contributed by atoms with van der Waals surface area (Å²) in [6.07, 6.45) is 7.86. The highest BCUT2D eigenvalue weighted by Gasteiger charge is 2.14. The van der Waals surface area contributed by atoms with E-state index in [1.807, 2.05) is 0 Å². The monoisotopic (exact) mass is 276 g/mol. The Kier molecular flexibility index (Phi) is 7.12. The van der Waals surface area contributed by atoms with Gasteiger partial charge in [0, 0.05) is 0 Å². The highest BCUT2D eigenvalue weighted by atomic mass is 16.5. The van der Waals surface area contributed by atoms with E-state index in [0.717, 1.165) is 12.4 Å². The SMILES string of the molecule is CCCCCCCCOc1ccc(C(C)(C)C)cc1C. The van der Waals surface area contributed by atoms with Gasteiger partial charge in [0.25, 0.3) is 0 Å². The molecule has 1 aromatic carbocycles. The van der Waals surface area contributed by atoms with E-state index in [1.165, 1.54) is 49.7 Å². The molecule has 20 heavy (non-hydrogen) atoms. The third-order valence-corrected chi connectivity index (χ3v) is 3.80. The molecule has 0 fully saturated rings. The number of hydrogen-bond donors (Lipinski definition) is 0. The lowest BCUT2D eigenvalue weighted by atomic mass is 9.86. The van der Waals surface area contributed by atoms with Gasteiger partial charge >= 0.3 is 0 Å². The zero-order valence-electron chi connectivity index (χ0n) is 14.1. The number of benzene rings is 1. The zero-order chi connectivity index (χ0) is 15.0. The summed E-state index contributed by atoms with van der Waals surface area (Å²) >= 11 is 0. The molecule has 0 amide bonds. The van der Waals surface area contributed by atoms with Gasteiger partial charge in [0.2, 0.25) is 0 Å². The topological polar surface area (TPSA) is 9.23 Å². The van der Waals surface area contributed by atoms with Gasteiger partial charge in [-0.15, -0.1) is 0 Å². The van der Waals surface area contributed by atoms with Gasteiger partial charge in [-0.25, -0.2) is 0 Å².